The summed E-state index contributed by atoms with van der Waals surface area (Å²) in [4.78, 5) is 45.4. The molecule has 10 heteroatoms. The molecule has 1 N–H and O–H groups in total. The van der Waals surface area contributed by atoms with E-state index in [1.54, 1.807) is 40.6 Å². The van der Waals surface area contributed by atoms with Crippen LogP contribution in [-0.4, -0.2) is 74.5 Å². The minimum absolute atomic E-state index is 0.0613. The largest absolute Gasteiger partial charge is 0.466 e. The predicted octanol–water partition coefficient (Wildman–Crippen LogP) is 4.60. The lowest BCUT2D eigenvalue weighted by atomic mass is 9.71. The number of likely N-dealkylation sites (tertiary alicyclic amines) is 1. The first kappa shape index (κ1) is 29.4. The third-order valence-corrected chi connectivity index (χ3v) is 11.4. The van der Waals surface area contributed by atoms with Crippen LogP contribution < -0.4 is 4.90 Å². The molecule has 3 aliphatic rings. The maximum atomic E-state index is 14.7. The second-order valence-corrected chi connectivity index (χ2v) is 13.9. The number of halogens is 2. The Morgan fingerprint density at radius 3 is 2.71 bits per heavy atom. The van der Waals surface area contributed by atoms with Gasteiger partial charge < -0.3 is 19.6 Å². The standard InChI is InChI=1S/C28H36BrClN2O5S/c1-6-11-31(22-16(5)9-8-10-19(22)30)26(35)24-28-13-18(29)23(38-28)20(27(36)37-7-2)21(28)25(34)32(24)17(14-33)12-15(3)4/h6,8-10,15,17-18,20-21,23-24,33H,1,7,11-14H2,2-5H3/t17-,18?,20-,21+,23-,24?,28?/m1/s1. The number of aryl methyl sites for hydroxylation is 1. The predicted molar refractivity (Wildman–Crippen MR) is 155 cm³/mol. The average molecular weight is 628 g/mol. The fourth-order valence-corrected chi connectivity index (χ4v) is 10.5. The molecule has 3 fully saturated rings. The maximum Gasteiger partial charge on any atom is 0.310 e. The summed E-state index contributed by atoms with van der Waals surface area (Å²) in [5.74, 6) is -2.15. The number of hydrogen-bond acceptors (Lipinski definition) is 6. The van der Waals surface area contributed by atoms with Crippen molar-refractivity contribution in [3.8, 4) is 0 Å². The molecule has 3 unspecified atom stereocenters. The van der Waals surface area contributed by atoms with E-state index in [1.165, 1.54) is 0 Å². The Morgan fingerprint density at radius 2 is 2.13 bits per heavy atom. The van der Waals surface area contributed by atoms with E-state index in [0.717, 1.165) is 5.56 Å². The first-order valence-corrected chi connectivity index (χ1v) is 15.3. The fraction of sp³-hybridized carbons (Fsp3) is 0.607. The van der Waals surface area contributed by atoms with Crippen LogP contribution in [0.15, 0.2) is 30.9 Å². The van der Waals surface area contributed by atoms with Crippen LogP contribution in [0.4, 0.5) is 5.69 Å². The number of esters is 1. The zero-order valence-electron chi connectivity index (χ0n) is 22.2. The molecule has 1 aromatic carbocycles. The number of ether oxygens (including phenoxy) is 1. The summed E-state index contributed by atoms with van der Waals surface area (Å²) in [6, 6.07) is 4.00. The van der Waals surface area contributed by atoms with Gasteiger partial charge in [-0.1, -0.05) is 59.6 Å². The Labute approximate surface area is 242 Å². The minimum Gasteiger partial charge on any atom is -0.466 e. The number of carbonyl (C=O) groups excluding carboxylic acids is 3. The van der Waals surface area contributed by atoms with Gasteiger partial charge in [-0.3, -0.25) is 14.4 Å². The van der Waals surface area contributed by atoms with Crippen LogP contribution in [0.5, 0.6) is 0 Å². The van der Waals surface area contributed by atoms with Crippen LogP contribution in [0.25, 0.3) is 0 Å². The lowest BCUT2D eigenvalue weighted by molar-refractivity contribution is -0.154. The van der Waals surface area contributed by atoms with Crippen molar-refractivity contribution in [3.05, 3.63) is 41.4 Å². The minimum atomic E-state index is -0.888. The van der Waals surface area contributed by atoms with Gasteiger partial charge in [0, 0.05) is 16.6 Å². The van der Waals surface area contributed by atoms with Crippen molar-refractivity contribution in [2.24, 2.45) is 17.8 Å². The molecule has 0 aliphatic carbocycles. The van der Waals surface area contributed by atoms with Crippen LogP contribution in [-0.2, 0) is 19.1 Å². The highest BCUT2D eigenvalue weighted by atomic mass is 79.9. The molecule has 3 aliphatic heterocycles. The Hall–Kier alpha value is -1.55. The highest BCUT2D eigenvalue weighted by Crippen LogP contribution is 2.68. The van der Waals surface area contributed by atoms with Gasteiger partial charge in [0.2, 0.25) is 5.91 Å². The Kier molecular flexibility index (Phi) is 8.92. The second-order valence-electron chi connectivity index (χ2n) is 10.8. The number of fused-ring (bicyclic) bond motifs is 1. The third kappa shape index (κ3) is 4.71. The summed E-state index contributed by atoms with van der Waals surface area (Å²) in [7, 11) is 0. The molecule has 1 spiro atoms. The zero-order chi connectivity index (χ0) is 27.9. The van der Waals surface area contributed by atoms with Crippen LogP contribution >= 0.6 is 39.3 Å². The van der Waals surface area contributed by atoms with Crippen molar-refractivity contribution in [1.82, 2.24) is 4.90 Å². The maximum absolute atomic E-state index is 14.7. The van der Waals surface area contributed by atoms with Crippen LogP contribution in [0.2, 0.25) is 5.02 Å². The first-order valence-electron chi connectivity index (χ1n) is 13.1. The summed E-state index contributed by atoms with van der Waals surface area (Å²) < 4.78 is 4.59. The number of hydrogen-bond donors (Lipinski definition) is 1. The summed E-state index contributed by atoms with van der Waals surface area (Å²) in [5, 5.41) is 10.7. The van der Waals surface area contributed by atoms with E-state index in [2.05, 4.69) is 22.5 Å². The monoisotopic (exact) mass is 626 g/mol. The first-order chi connectivity index (χ1) is 18.0. The fourth-order valence-electron chi connectivity index (χ4n) is 6.60. The molecule has 3 heterocycles. The molecule has 2 bridgehead atoms. The van der Waals surface area contributed by atoms with Crippen molar-refractivity contribution in [2.45, 2.75) is 67.4 Å². The third-order valence-electron chi connectivity index (χ3n) is 7.90. The molecular weight excluding hydrogens is 592 g/mol. The lowest BCUT2D eigenvalue weighted by Crippen LogP contribution is -2.58. The SMILES string of the molecule is C=CCN(C(=O)C1N([C@@H](CO)CC(C)C)C(=O)[C@@H]2[C@@H](C(=O)OCC)[C@@H]3SC12CC3Br)c1c(C)cccc1Cl. The molecule has 208 valence electrons. The number of benzene rings is 1. The summed E-state index contributed by atoms with van der Waals surface area (Å²) in [6.07, 6.45) is 2.71. The van der Waals surface area contributed by atoms with Gasteiger partial charge in [-0.05, 0) is 44.2 Å². The van der Waals surface area contributed by atoms with Gasteiger partial charge in [0.25, 0.3) is 5.91 Å². The van der Waals surface area contributed by atoms with Gasteiger partial charge in [0.15, 0.2) is 0 Å². The topological polar surface area (TPSA) is 87.2 Å². The van der Waals surface area contributed by atoms with E-state index >= 15 is 0 Å². The second kappa shape index (κ2) is 11.5. The van der Waals surface area contributed by atoms with Crippen molar-refractivity contribution in [1.29, 1.82) is 0 Å². The smallest absolute Gasteiger partial charge is 0.310 e. The normalized spacial score (nSPS) is 30.5. The van der Waals surface area contributed by atoms with Gasteiger partial charge in [-0.15, -0.1) is 18.3 Å². The molecule has 0 saturated carbocycles. The van der Waals surface area contributed by atoms with E-state index in [9.17, 15) is 19.5 Å². The quantitative estimate of drug-likeness (QED) is 0.232. The molecule has 38 heavy (non-hydrogen) atoms. The molecule has 2 amide bonds. The van der Waals surface area contributed by atoms with Gasteiger partial charge in [0.05, 0.1) is 46.5 Å². The number of carbonyl (C=O) groups is 3. The Balaban J connectivity index is 1.88. The summed E-state index contributed by atoms with van der Waals surface area (Å²) >= 11 is 11.9. The average Bonchev–Trinajstić information content (AvgIpc) is 3.45. The van der Waals surface area contributed by atoms with Crippen LogP contribution in [0, 0.1) is 24.7 Å². The highest BCUT2D eigenvalue weighted by molar-refractivity contribution is 9.09. The van der Waals surface area contributed by atoms with Crippen LogP contribution in [0.1, 0.15) is 39.2 Å². The van der Waals surface area contributed by atoms with Gasteiger partial charge in [-0.2, -0.15) is 0 Å². The van der Waals surface area contributed by atoms with E-state index in [1.807, 2.05) is 32.9 Å². The van der Waals surface area contributed by atoms with E-state index in [-0.39, 0.29) is 47.6 Å². The molecule has 1 aromatic rings. The molecular formula is C28H36BrClN2O5S. The number of aliphatic hydroxyl groups is 1. The molecule has 7 nitrogen and oxygen atoms in total. The molecule has 4 rings (SSSR count). The summed E-state index contributed by atoms with van der Waals surface area (Å²) in [5.41, 5.74) is 1.40. The number of rotatable bonds is 10. The number of anilines is 1. The Bertz CT molecular complexity index is 1100. The number of para-hydroxylation sites is 1. The number of alkyl halides is 1. The van der Waals surface area contributed by atoms with Crippen molar-refractivity contribution < 1.29 is 24.2 Å². The number of aliphatic hydroxyl groups excluding tert-OH is 1. The Morgan fingerprint density at radius 1 is 1.42 bits per heavy atom. The molecule has 7 atom stereocenters. The van der Waals surface area contributed by atoms with E-state index < -0.39 is 34.6 Å². The van der Waals surface area contributed by atoms with Gasteiger partial charge in [0.1, 0.15) is 6.04 Å². The van der Waals surface area contributed by atoms with Crippen molar-refractivity contribution in [3.63, 3.8) is 0 Å². The number of nitrogens with zero attached hydrogens (tertiary/aromatic N) is 2. The lowest BCUT2D eigenvalue weighted by Gasteiger charge is -2.40. The number of thioether (sulfide) groups is 1. The van der Waals surface area contributed by atoms with Crippen LogP contribution in [0.3, 0.4) is 0 Å². The van der Waals surface area contributed by atoms with Crippen molar-refractivity contribution in [2.75, 3.05) is 24.7 Å². The number of amides is 2. The van der Waals surface area contributed by atoms with Crippen molar-refractivity contribution >= 4 is 62.8 Å². The zero-order valence-corrected chi connectivity index (χ0v) is 25.4. The van der Waals surface area contributed by atoms with Gasteiger partial charge >= 0.3 is 5.97 Å². The highest BCUT2D eigenvalue weighted by Gasteiger charge is 2.76. The van der Waals surface area contributed by atoms with E-state index in [0.29, 0.717) is 23.6 Å². The van der Waals surface area contributed by atoms with Gasteiger partial charge in [-0.25, -0.2) is 0 Å². The molecule has 0 radical (unpaired) electrons. The summed E-state index contributed by atoms with van der Waals surface area (Å²) in [6.45, 7) is 11.7. The molecule has 0 aromatic heterocycles. The van der Waals surface area contributed by atoms with E-state index in [4.69, 9.17) is 16.3 Å². The molecule has 3 saturated heterocycles.